The number of halogens is 1. The number of imidazole rings is 1. The van der Waals surface area contributed by atoms with E-state index in [9.17, 15) is 9.18 Å². The summed E-state index contributed by atoms with van der Waals surface area (Å²) in [6.45, 7) is 0. The summed E-state index contributed by atoms with van der Waals surface area (Å²) in [5.41, 5.74) is 5.71. The number of rotatable bonds is 2. The molecular formula is C10H9FN4O2. The summed E-state index contributed by atoms with van der Waals surface area (Å²) < 4.78 is 18.6. The van der Waals surface area contributed by atoms with Gasteiger partial charge in [0.2, 0.25) is 0 Å². The van der Waals surface area contributed by atoms with Crippen molar-refractivity contribution in [1.29, 1.82) is 0 Å². The molecule has 2 aromatic heterocycles. The minimum atomic E-state index is -0.636. The maximum atomic E-state index is 12.7. The molecule has 0 amide bonds. The van der Waals surface area contributed by atoms with Crippen LogP contribution in [0, 0.1) is 5.82 Å². The summed E-state index contributed by atoms with van der Waals surface area (Å²) in [5.74, 6) is -0.633. The molecule has 0 atom stereocenters. The second-order valence-corrected chi connectivity index (χ2v) is 3.17. The van der Waals surface area contributed by atoms with E-state index in [1.165, 1.54) is 30.1 Å². The number of hydrogen-bond acceptors (Lipinski definition) is 5. The first kappa shape index (κ1) is 11.1. The molecule has 0 fully saturated rings. The van der Waals surface area contributed by atoms with Gasteiger partial charge in [-0.05, 0) is 12.1 Å². The Morgan fingerprint density at radius 1 is 1.47 bits per heavy atom. The zero-order valence-corrected chi connectivity index (χ0v) is 8.92. The fourth-order valence-corrected chi connectivity index (χ4v) is 1.30. The van der Waals surface area contributed by atoms with Crippen LogP contribution in [0.5, 0.6) is 0 Å². The fraction of sp³-hybridized carbons (Fsp3) is 0.100. The Kier molecular flexibility index (Phi) is 2.73. The van der Waals surface area contributed by atoms with Crippen LogP contribution in [0.4, 0.5) is 10.2 Å². The Bertz CT molecular complexity index is 550. The van der Waals surface area contributed by atoms with Gasteiger partial charge in [0.1, 0.15) is 23.8 Å². The monoisotopic (exact) mass is 236 g/mol. The highest BCUT2D eigenvalue weighted by molar-refractivity contribution is 5.92. The smallest absolute Gasteiger partial charge is 0.360 e. The fourth-order valence-electron chi connectivity index (χ4n) is 1.30. The number of anilines is 1. The molecular weight excluding hydrogens is 227 g/mol. The molecule has 88 valence electrons. The number of hydrogen-bond donors (Lipinski definition) is 1. The lowest BCUT2D eigenvalue weighted by Gasteiger charge is -2.03. The number of ether oxygens (including phenoxy) is 1. The summed E-state index contributed by atoms with van der Waals surface area (Å²) >= 11 is 0. The molecule has 2 aromatic rings. The van der Waals surface area contributed by atoms with Crippen LogP contribution in [0.15, 0.2) is 24.7 Å². The summed E-state index contributed by atoms with van der Waals surface area (Å²) in [7, 11) is 1.23. The number of nitrogens with two attached hydrogens (primary N) is 1. The molecule has 2 rings (SSSR count). The minimum absolute atomic E-state index is 0.00127. The van der Waals surface area contributed by atoms with E-state index in [2.05, 4.69) is 14.7 Å². The molecule has 7 heteroatoms. The lowest BCUT2D eigenvalue weighted by molar-refractivity contribution is 0.0596. The minimum Gasteiger partial charge on any atom is -0.464 e. The Morgan fingerprint density at radius 2 is 2.24 bits per heavy atom. The van der Waals surface area contributed by atoms with Crippen molar-refractivity contribution in [3.05, 3.63) is 36.2 Å². The molecule has 0 spiro atoms. The summed E-state index contributed by atoms with van der Waals surface area (Å²) in [6.07, 6.45) is 2.37. The van der Waals surface area contributed by atoms with E-state index < -0.39 is 11.8 Å². The molecule has 0 saturated heterocycles. The predicted octanol–water partition coefficient (Wildman–Crippen LogP) is 0.775. The number of nitrogens with zero attached hydrogens (tertiary/aromatic N) is 3. The molecule has 0 aliphatic rings. The van der Waals surface area contributed by atoms with Crippen LogP contribution in [0.3, 0.4) is 0 Å². The van der Waals surface area contributed by atoms with Crippen LogP contribution >= 0.6 is 0 Å². The first-order valence-electron chi connectivity index (χ1n) is 4.66. The molecule has 0 radical (unpaired) electrons. The molecule has 6 nitrogen and oxygen atoms in total. The van der Waals surface area contributed by atoms with E-state index in [-0.39, 0.29) is 11.5 Å². The molecule has 0 bridgehead atoms. The van der Waals surface area contributed by atoms with E-state index >= 15 is 0 Å². The maximum Gasteiger partial charge on any atom is 0.360 e. The lowest BCUT2D eigenvalue weighted by atomic mass is 10.4. The van der Waals surface area contributed by atoms with E-state index in [0.29, 0.717) is 5.82 Å². The van der Waals surface area contributed by atoms with Gasteiger partial charge in [-0.2, -0.15) is 0 Å². The average Bonchev–Trinajstić information content (AvgIpc) is 2.71. The van der Waals surface area contributed by atoms with Gasteiger partial charge in [0.25, 0.3) is 0 Å². The zero-order valence-electron chi connectivity index (χ0n) is 8.92. The van der Waals surface area contributed by atoms with Gasteiger partial charge in [0.15, 0.2) is 5.69 Å². The van der Waals surface area contributed by atoms with Crippen molar-refractivity contribution in [1.82, 2.24) is 14.5 Å². The molecule has 0 saturated carbocycles. The normalized spacial score (nSPS) is 10.2. The molecule has 2 heterocycles. The molecule has 2 N–H and O–H groups in total. The van der Waals surface area contributed by atoms with Crippen LogP contribution in [-0.4, -0.2) is 27.6 Å². The quantitative estimate of drug-likeness (QED) is 0.779. The van der Waals surface area contributed by atoms with Crippen molar-refractivity contribution < 1.29 is 13.9 Å². The topological polar surface area (TPSA) is 83.0 Å². The zero-order chi connectivity index (χ0) is 12.4. The van der Waals surface area contributed by atoms with E-state index in [0.717, 1.165) is 6.20 Å². The van der Waals surface area contributed by atoms with Gasteiger partial charge in [0, 0.05) is 0 Å². The SMILES string of the molecule is COC(=O)c1ncn(-c2ccc(F)cn2)c1N. The largest absolute Gasteiger partial charge is 0.464 e. The molecule has 0 aromatic carbocycles. The second kappa shape index (κ2) is 4.20. The molecule has 0 aliphatic heterocycles. The van der Waals surface area contributed by atoms with Crippen molar-refractivity contribution in [2.75, 3.05) is 12.8 Å². The number of esters is 1. The highest BCUT2D eigenvalue weighted by Gasteiger charge is 2.17. The number of carbonyl (C=O) groups excluding carboxylic acids is 1. The Hall–Kier alpha value is -2.44. The highest BCUT2D eigenvalue weighted by Crippen LogP contribution is 2.16. The van der Waals surface area contributed by atoms with Gasteiger partial charge < -0.3 is 10.5 Å². The van der Waals surface area contributed by atoms with Gasteiger partial charge in [-0.25, -0.2) is 19.2 Å². The number of carbonyl (C=O) groups is 1. The van der Waals surface area contributed by atoms with Gasteiger partial charge in [-0.1, -0.05) is 0 Å². The summed E-state index contributed by atoms with van der Waals surface area (Å²) in [4.78, 5) is 18.9. The Morgan fingerprint density at radius 3 is 2.82 bits per heavy atom. The Balaban J connectivity index is 2.44. The van der Waals surface area contributed by atoms with Crippen molar-refractivity contribution in [3.8, 4) is 5.82 Å². The predicted molar refractivity (Wildman–Crippen MR) is 57.1 cm³/mol. The number of nitrogen functional groups attached to an aromatic ring is 1. The van der Waals surface area contributed by atoms with Crippen LogP contribution in [0.25, 0.3) is 5.82 Å². The van der Waals surface area contributed by atoms with Crippen molar-refractivity contribution in [3.63, 3.8) is 0 Å². The van der Waals surface area contributed by atoms with E-state index in [1.54, 1.807) is 0 Å². The lowest BCUT2D eigenvalue weighted by Crippen LogP contribution is -2.08. The number of methoxy groups -OCH3 is 1. The van der Waals surface area contributed by atoms with Crippen molar-refractivity contribution >= 4 is 11.8 Å². The van der Waals surface area contributed by atoms with E-state index in [1.807, 2.05) is 0 Å². The Labute approximate surface area is 95.9 Å². The maximum absolute atomic E-state index is 12.7. The van der Waals surface area contributed by atoms with Gasteiger partial charge >= 0.3 is 5.97 Å². The first-order chi connectivity index (χ1) is 8.13. The van der Waals surface area contributed by atoms with Crippen LogP contribution in [0.1, 0.15) is 10.5 Å². The summed E-state index contributed by atoms with van der Waals surface area (Å²) in [6, 6.07) is 2.66. The highest BCUT2D eigenvalue weighted by atomic mass is 19.1. The van der Waals surface area contributed by atoms with Gasteiger partial charge in [-0.15, -0.1) is 0 Å². The third-order valence-electron chi connectivity index (χ3n) is 2.14. The third-order valence-corrected chi connectivity index (χ3v) is 2.14. The van der Waals surface area contributed by atoms with Gasteiger partial charge in [-0.3, -0.25) is 4.57 Å². The third kappa shape index (κ3) is 1.94. The molecule has 17 heavy (non-hydrogen) atoms. The molecule has 0 aliphatic carbocycles. The average molecular weight is 236 g/mol. The van der Waals surface area contributed by atoms with Crippen LogP contribution in [0.2, 0.25) is 0 Å². The van der Waals surface area contributed by atoms with Crippen LogP contribution < -0.4 is 5.73 Å². The standard InChI is InChI=1S/C10H9FN4O2/c1-17-10(16)8-9(12)15(5-14-8)7-3-2-6(11)4-13-7/h2-5H,12H2,1H3. The van der Waals surface area contributed by atoms with Gasteiger partial charge in [0.05, 0.1) is 13.3 Å². The number of pyridine rings is 1. The summed E-state index contributed by atoms with van der Waals surface area (Å²) in [5, 5.41) is 0. The van der Waals surface area contributed by atoms with Crippen molar-refractivity contribution in [2.45, 2.75) is 0 Å². The van der Waals surface area contributed by atoms with E-state index in [4.69, 9.17) is 5.73 Å². The first-order valence-corrected chi connectivity index (χ1v) is 4.66. The second-order valence-electron chi connectivity index (χ2n) is 3.17. The molecule has 0 unspecified atom stereocenters. The van der Waals surface area contributed by atoms with Crippen molar-refractivity contribution in [2.24, 2.45) is 0 Å². The number of aromatic nitrogens is 3. The van der Waals surface area contributed by atoms with Crippen LogP contribution in [-0.2, 0) is 4.74 Å².